The Balaban J connectivity index is 0.000000159. The minimum Gasteiger partial charge on any atom is -0.463 e. The molecule has 0 bridgehead atoms. The van der Waals surface area contributed by atoms with Gasteiger partial charge in [-0.3, -0.25) is 14.6 Å². The van der Waals surface area contributed by atoms with Crippen LogP contribution in [0.5, 0.6) is 0 Å². The van der Waals surface area contributed by atoms with E-state index in [0.29, 0.717) is 57.6 Å². The Hall–Kier alpha value is -7.64. The van der Waals surface area contributed by atoms with E-state index in [2.05, 4.69) is 61.2 Å². The first-order chi connectivity index (χ1) is 24.9. The van der Waals surface area contributed by atoms with Gasteiger partial charge in [0.1, 0.15) is 30.3 Å². The van der Waals surface area contributed by atoms with E-state index in [4.69, 9.17) is 20.3 Å². The quantitative estimate of drug-likeness (QED) is 0.169. The lowest BCUT2D eigenvalue weighted by Gasteiger charge is -2.05. The van der Waals surface area contributed by atoms with Gasteiger partial charge in [-0.05, 0) is 48.5 Å². The van der Waals surface area contributed by atoms with Gasteiger partial charge in [0.05, 0.1) is 24.8 Å². The standard InChI is InChI=1S/C16H14N8O2.C15H12N8O2/c17-16-20-13(11-5-3-7-26-11)14-15(21-16)24(23-22-14)9-12(25)19-8-10-4-1-2-6-18-10;16-15-19-12(9-4-3-7-25-9)13-14(20-15)23(22-21-13)8-11(24)18-10-5-1-2-6-17-10/h1-7H,8-9H2,(H,19,25)(H2,17,20,21);1-7H,8H2,(H2,16,19,20)(H,17,18,24). The highest BCUT2D eigenvalue weighted by atomic mass is 16.3. The minimum atomic E-state index is -0.317. The smallest absolute Gasteiger partial charge is 0.247 e. The summed E-state index contributed by atoms with van der Waals surface area (Å²) in [7, 11) is 0. The van der Waals surface area contributed by atoms with Crippen LogP contribution in [0.3, 0.4) is 0 Å². The van der Waals surface area contributed by atoms with Crippen molar-refractivity contribution in [2.24, 2.45) is 0 Å². The highest BCUT2D eigenvalue weighted by Gasteiger charge is 2.20. The first-order valence-corrected chi connectivity index (χ1v) is 15.1. The topological polar surface area (TPSA) is 275 Å². The lowest BCUT2D eigenvalue weighted by Crippen LogP contribution is -2.28. The minimum absolute atomic E-state index is 0.0348. The Bertz CT molecular complexity index is 2410. The number of aromatic nitrogens is 12. The predicted molar refractivity (Wildman–Crippen MR) is 179 cm³/mol. The van der Waals surface area contributed by atoms with Gasteiger partial charge in [0.25, 0.3) is 0 Å². The van der Waals surface area contributed by atoms with Crippen LogP contribution >= 0.6 is 0 Å². The average molecular weight is 687 g/mol. The SMILES string of the molecule is Nc1nc(-c2ccco2)c2nnn(CC(=O)NCc3ccccn3)c2n1.Nc1nc(-c2ccco2)c2nnn(CC(=O)Nc3ccccn3)c2n1. The Morgan fingerprint density at radius 2 is 1.24 bits per heavy atom. The number of amides is 2. The van der Waals surface area contributed by atoms with Gasteiger partial charge in [0, 0.05) is 12.4 Å². The molecule has 8 aromatic rings. The lowest BCUT2D eigenvalue weighted by atomic mass is 10.3. The van der Waals surface area contributed by atoms with Crippen LogP contribution in [0.1, 0.15) is 5.69 Å². The van der Waals surface area contributed by atoms with Gasteiger partial charge < -0.3 is 30.9 Å². The number of hydrogen-bond donors (Lipinski definition) is 4. The molecule has 2 amide bonds. The largest absolute Gasteiger partial charge is 0.463 e. The molecule has 6 N–H and O–H groups in total. The van der Waals surface area contributed by atoms with E-state index in [1.54, 1.807) is 54.9 Å². The molecule has 8 aromatic heterocycles. The van der Waals surface area contributed by atoms with E-state index < -0.39 is 0 Å². The molecule has 0 spiro atoms. The zero-order chi connectivity index (χ0) is 35.2. The van der Waals surface area contributed by atoms with Crippen LogP contribution in [0.4, 0.5) is 17.7 Å². The molecule has 8 heterocycles. The van der Waals surface area contributed by atoms with E-state index in [1.165, 1.54) is 21.9 Å². The van der Waals surface area contributed by atoms with Crippen molar-refractivity contribution < 1.29 is 18.4 Å². The summed E-state index contributed by atoms with van der Waals surface area (Å²) in [6.07, 6.45) is 6.30. The molecule has 0 atom stereocenters. The van der Waals surface area contributed by atoms with Crippen LogP contribution in [-0.2, 0) is 29.2 Å². The second kappa shape index (κ2) is 14.2. The van der Waals surface area contributed by atoms with Gasteiger partial charge in [-0.1, -0.05) is 22.6 Å². The molecule has 20 nitrogen and oxygen atoms in total. The molecule has 0 radical (unpaired) electrons. The number of pyridine rings is 2. The van der Waals surface area contributed by atoms with Crippen LogP contribution in [0.2, 0.25) is 0 Å². The molecular formula is C31H26N16O4. The second-order valence-electron chi connectivity index (χ2n) is 10.5. The van der Waals surface area contributed by atoms with E-state index in [9.17, 15) is 9.59 Å². The van der Waals surface area contributed by atoms with Crippen LogP contribution in [-0.4, -0.2) is 71.7 Å². The van der Waals surface area contributed by atoms with Gasteiger partial charge >= 0.3 is 0 Å². The zero-order valence-corrected chi connectivity index (χ0v) is 26.4. The summed E-state index contributed by atoms with van der Waals surface area (Å²) in [6, 6.07) is 17.6. The van der Waals surface area contributed by atoms with Gasteiger partial charge in [0.15, 0.2) is 33.8 Å². The molecule has 20 heteroatoms. The summed E-state index contributed by atoms with van der Waals surface area (Å²) in [4.78, 5) is 49.2. The maximum absolute atomic E-state index is 12.2. The van der Waals surface area contributed by atoms with Crippen molar-refractivity contribution >= 4 is 51.9 Å². The highest BCUT2D eigenvalue weighted by molar-refractivity contribution is 5.91. The molecule has 254 valence electrons. The number of furan rings is 2. The van der Waals surface area contributed by atoms with E-state index in [-0.39, 0.29) is 36.8 Å². The van der Waals surface area contributed by atoms with Crippen molar-refractivity contribution in [2.75, 3.05) is 16.8 Å². The number of nitrogens with zero attached hydrogens (tertiary/aromatic N) is 12. The van der Waals surface area contributed by atoms with Crippen LogP contribution < -0.4 is 22.1 Å². The normalized spacial score (nSPS) is 10.9. The number of hydrogen-bond acceptors (Lipinski definition) is 16. The second-order valence-corrected chi connectivity index (χ2v) is 10.5. The molecule has 51 heavy (non-hydrogen) atoms. The van der Waals surface area contributed by atoms with Gasteiger partial charge in [0.2, 0.25) is 23.7 Å². The van der Waals surface area contributed by atoms with Gasteiger partial charge in [-0.2, -0.15) is 9.97 Å². The molecule has 0 aromatic carbocycles. The van der Waals surface area contributed by atoms with Gasteiger partial charge in [-0.25, -0.2) is 24.3 Å². The first-order valence-electron chi connectivity index (χ1n) is 15.1. The van der Waals surface area contributed by atoms with Crippen molar-refractivity contribution in [2.45, 2.75) is 19.6 Å². The lowest BCUT2D eigenvalue weighted by molar-refractivity contribution is -0.122. The molecule has 0 unspecified atom stereocenters. The Morgan fingerprint density at radius 3 is 1.75 bits per heavy atom. The molecule has 0 saturated carbocycles. The number of anilines is 3. The third-order valence-corrected chi connectivity index (χ3v) is 6.98. The van der Waals surface area contributed by atoms with Crippen molar-refractivity contribution in [3.8, 4) is 22.9 Å². The van der Waals surface area contributed by atoms with Crippen molar-refractivity contribution in [1.29, 1.82) is 0 Å². The van der Waals surface area contributed by atoms with Crippen molar-refractivity contribution in [1.82, 2.24) is 65.2 Å². The first kappa shape index (κ1) is 31.9. The zero-order valence-electron chi connectivity index (χ0n) is 26.4. The van der Waals surface area contributed by atoms with E-state index >= 15 is 0 Å². The van der Waals surface area contributed by atoms with Crippen LogP contribution in [0.15, 0.2) is 94.4 Å². The highest BCUT2D eigenvalue weighted by Crippen LogP contribution is 2.26. The van der Waals surface area contributed by atoms with Crippen LogP contribution in [0.25, 0.3) is 45.2 Å². The summed E-state index contributed by atoms with van der Waals surface area (Å²) in [5.41, 5.74) is 14.7. The van der Waals surface area contributed by atoms with E-state index in [1.807, 2.05) is 18.2 Å². The van der Waals surface area contributed by atoms with E-state index in [0.717, 1.165) is 5.69 Å². The summed E-state index contributed by atoms with van der Waals surface area (Å²) in [5.74, 6) is 0.942. The van der Waals surface area contributed by atoms with Crippen molar-refractivity contribution in [3.63, 3.8) is 0 Å². The predicted octanol–water partition coefficient (Wildman–Crippen LogP) is 1.87. The summed E-state index contributed by atoms with van der Waals surface area (Å²) >= 11 is 0. The molecule has 0 saturated heterocycles. The monoisotopic (exact) mass is 686 g/mol. The average Bonchev–Trinajstić information content (AvgIpc) is 3.98. The maximum atomic E-state index is 12.2. The molecule has 0 fully saturated rings. The molecule has 0 aliphatic rings. The summed E-state index contributed by atoms with van der Waals surface area (Å²) < 4.78 is 13.4. The Labute approximate surface area is 286 Å². The third-order valence-electron chi connectivity index (χ3n) is 6.98. The number of carbonyl (C=O) groups excluding carboxylic acids is 2. The number of nitrogens with one attached hydrogen (secondary N) is 2. The fourth-order valence-corrected chi connectivity index (χ4v) is 4.77. The van der Waals surface area contributed by atoms with Gasteiger partial charge in [-0.15, -0.1) is 10.2 Å². The third kappa shape index (κ3) is 7.28. The fourth-order valence-electron chi connectivity index (χ4n) is 4.77. The molecule has 0 aliphatic heterocycles. The number of nitrogen functional groups attached to an aromatic ring is 2. The van der Waals surface area contributed by atoms with Crippen molar-refractivity contribution in [3.05, 3.63) is 91.3 Å². The summed E-state index contributed by atoms with van der Waals surface area (Å²) in [6.45, 7) is 0.166. The fraction of sp³-hybridized carbons (Fsp3) is 0.0968. The summed E-state index contributed by atoms with van der Waals surface area (Å²) in [5, 5.41) is 21.5. The number of fused-ring (bicyclic) bond motifs is 2. The number of nitrogens with two attached hydrogens (primary N) is 2. The number of carbonyl (C=O) groups is 2. The Kier molecular flexibility index (Phi) is 8.91. The maximum Gasteiger partial charge on any atom is 0.247 e. The number of rotatable bonds is 9. The molecular weight excluding hydrogens is 660 g/mol. The molecule has 8 rings (SSSR count). The molecule has 0 aliphatic carbocycles. The van der Waals surface area contributed by atoms with Crippen LogP contribution in [0, 0.1) is 0 Å². The Morgan fingerprint density at radius 1 is 0.667 bits per heavy atom.